The van der Waals surface area contributed by atoms with Gasteiger partial charge in [-0.3, -0.25) is 0 Å². The van der Waals surface area contributed by atoms with Crippen LogP contribution in [0.5, 0.6) is 0 Å². The number of hydrogen-bond acceptors (Lipinski definition) is 1. The van der Waals surface area contributed by atoms with Gasteiger partial charge in [-0.2, -0.15) is 0 Å². The molecule has 21 heavy (non-hydrogen) atoms. The summed E-state index contributed by atoms with van der Waals surface area (Å²) in [6, 6.07) is 6.91. The van der Waals surface area contributed by atoms with Gasteiger partial charge in [0.1, 0.15) is 0 Å². The molecule has 0 heterocycles. The van der Waals surface area contributed by atoms with Crippen LogP contribution in [0.3, 0.4) is 0 Å². The molecule has 1 aromatic rings. The summed E-state index contributed by atoms with van der Waals surface area (Å²) in [6.07, 6.45) is 9.46. The van der Waals surface area contributed by atoms with Gasteiger partial charge in [-0.05, 0) is 49.8 Å². The molecule has 0 spiro atoms. The second-order valence-corrected chi connectivity index (χ2v) is 7.24. The van der Waals surface area contributed by atoms with Crippen LogP contribution < -0.4 is 5.32 Å². The number of benzene rings is 1. The van der Waals surface area contributed by atoms with Gasteiger partial charge in [0, 0.05) is 12.1 Å². The van der Waals surface area contributed by atoms with E-state index in [0.29, 0.717) is 22.1 Å². The highest BCUT2D eigenvalue weighted by molar-refractivity contribution is 6.42. The molecule has 1 aliphatic rings. The summed E-state index contributed by atoms with van der Waals surface area (Å²) in [6.45, 7) is 4.51. The first-order valence-corrected chi connectivity index (χ1v) is 9.06. The standard InChI is InChI=1S/C18H27Cl2N/c1-3-5-14-6-4-7-16(10-8-14)21-13(2)15-9-11-17(19)18(20)12-15/h9,11-14,16,21H,3-8,10H2,1-2H3. The molecule has 3 unspecified atom stereocenters. The molecule has 1 N–H and O–H groups in total. The van der Waals surface area contributed by atoms with Crippen LogP contribution in [0.1, 0.15) is 70.4 Å². The summed E-state index contributed by atoms with van der Waals surface area (Å²) < 4.78 is 0. The highest BCUT2D eigenvalue weighted by Crippen LogP contribution is 2.29. The molecule has 0 saturated heterocycles. The summed E-state index contributed by atoms with van der Waals surface area (Å²) in [4.78, 5) is 0. The van der Waals surface area contributed by atoms with Gasteiger partial charge in [0.05, 0.1) is 10.0 Å². The monoisotopic (exact) mass is 327 g/mol. The van der Waals surface area contributed by atoms with Crippen LogP contribution in [0.15, 0.2) is 18.2 Å². The summed E-state index contributed by atoms with van der Waals surface area (Å²) in [5.41, 5.74) is 1.22. The van der Waals surface area contributed by atoms with Crippen LogP contribution in [0.4, 0.5) is 0 Å². The minimum Gasteiger partial charge on any atom is -0.307 e. The minimum atomic E-state index is 0.326. The van der Waals surface area contributed by atoms with Crippen molar-refractivity contribution in [1.82, 2.24) is 5.32 Å². The zero-order valence-electron chi connectivity index (χ0n) is 13.2. The quantitative estimate of drug-likeness (QED) is 0.617. The van der Waals surface area contributed by atoms with E-state index in [2.05, 4.69) is 25.2 Å². The van der Waals surface area contributed by atoms with E-state index in [1.54, 1.807) is 0 Å². The summed E-state index contributed by atoms with van der Waals surface area (Å²) in [5.74, 6) is 0.946. The van der Waals surface area contributed by atoms with Crippen molar-refractivity contribution in [2.75, 3.05) is 0 Å². The van der Waals surface area contributed by atoms with Gasteiger partial charge in [0.15, 0.2) is 0 Å². The number of halogens is 2. The molecule has 0 amide bonds. The lowest BCUT2D eigenvalue weighted by Crippen LogP contribution is -2.31. The Morgan fingerprint density at radius 2 is 1.95 bits per heavy atom. The first-order valence-electron chi connectivity index (χ1n) is 8.31. The fourth-order valence-electron chi connectivity index (χ4n) is 3.47. The molecular weight excluding hydrogens is 301 g/mol. The van der Waals surface area contributed by atoms with Gasteiger partial charge in [0.25, 0.3) is 0 Å². The lowest BCUT2D eigenvalue weighted by Gasteiger charge is -2.23. The molecule has 0 bridgehead atoms. The fourth-order valence-corrected chi connectivity index (χ4v) is 3.78. The van der Waals surface area contributed by atoms with Crippen LogP contribution in [-0.2, 0) is 0 Å². The Hall–Kier alpha value is -0.240. The predicted molar refractivity (Wildman–Crippen MR) is 93.3 cm³/mol. The zero-order chi connectivity index (χ0) is 15.2. The lowest BCUT2D eigenvalue weighted by atomic mass is 9.95. The minimum absolute atomic E-state index is 0.326. The maximum Gasteiger partial charge on any atom is 0.0595 e. The van der Waals surface area contributed by atoms with Gasteiger partial charge >= 0.3 is 0 Å². The van der Waals surface area contributed by atoms with Crippen molar-refractivity contribution in [2.45, 2.75) is 70.9 Å². The SMILES string of the molecule is CCCC1CCCC(NC(C)c2ccc(Cl)c(Cl)c2)CC1. The van der Waals surface area contributed by atoms with Crippen molar-refractivity contribution in [1.29, 1.82) is 0 Å². The Bertz CT molecular complexity index is 447. The van der Waals surface area contributed by atoms with Crippen molar-refractivity contribution < 1.29 is 0 Å². The van der Waals surface area contributed by atoms with Gasteiger partial charge in [-0.25, -0.2) is 0 Å². The Balaban J connectivity index is 1.90. The Morgan fingerprint density at radius 1 is 1.14 bits per heavy atom. The van der Waals surface area contributed by atoms with Crippen molar-refractivity contribution in [2.24, 2.45) is 5.92 Å². The van der Waals surface area contributed by atoms with Crippen molar-refractivity contribution in [3.8, 4) is 0 Å². The second kappa shape index (κ2) is 8.41. The molecule has 3 heteroatoms. The maximum absolute atomic E-state index is 6.12. The molecule has 0 aliphatic heterocycles. The van der Waals surface area contributed by atoms with Crippen LogP contribution in [0, 0.1) is 5.92 Å². The Labute approximate surface area is 139 Å². The predicted octanol–water partition coefficient (Wildman–Crippen LogP) is 6.39. The molecule has 0 radical (unpaired) electrons. The lowest BCUT2D eigenvalue weighted by molar-refractivity contribution is 0.393. The second-order valence-electron chi connectivity index (χ2n) is 6.42. The fraction of sp³-hybridized carbons (Fsp3) is 0.667. The van der Waals surface area contributed by atoms with Gasteiger partial charge in [0.2, 0.25) is 0 Å². The van der Waals surface area contributed by atoms with E-state index in [-0.39, 0.29) is 0 Å². The smallest absolute Gasteiger partial charge is 0.0595 e. The van der Waals surface area contributed by atoms with Gasteiger partial charge in [-0.15, -0.1) is 0 Å². The van der Waals surface area contributed by atoms with E-state index in [4.69, 9.17) is 23.2 Å². The highest BCUT2D eigenvalue weighted by Gasteiger charge is 2.20. The molecule has 1 nitrogen and oxygen atoms in total. The number of hydrogen-bond donors (Lipinski definition) is 1. The molecule has 1 saturated carbocycles. The molecule has 0 aromatic heterocycles. The first-order chi connectivity index (χ1) is 10.1. The topological polar surface area (TPSA) is 12.0 Å². The Morgan fingerprint density at radius 3 is 2.67 bits per heavy atom. The van der Waals surface area contributed by atoms with E-state index in [1.165, 1.54) is 50.5 Å². The van der Waals surface area contributed by atoms with Crippen molar-refractivity contribution >= 4 is 23.2 Å². The summed E-state index contributed by atoms with van der Waals surface area (Å²) in [5, 5.41) is 5.06. The molecular formula is C18H27Cl2N. The van der Waals surface area contributed by atoms with Crippen LogP contribution in [0.25, 0.3) is 0 Å². The third-order valence-electron chi connectivity index (χ3n) is 4.71. The van der Waals surface area contributed by atoms with Gasteiger partial charge in [-0.1, -0.05) is 61.9 Å². The summed E-state index contributed by atoms with van der Waals surface area (Å²) >= 11 is 12.1. The third-order valence-corrected chi connectivity index (χ3v) is 5.45. The average molecular weight is 328 g/mol. The van der Waals surface area contributed by atoms with E-state index >= 15 is 0 Å². The molecule has 3 atom stereocenters. The van der Waals surface area contributed by atoms with E-state index in [0.717, 1.165) is 5.92 Å². The normalized spacial score (nSPS) is 24.6. The third kappa shape index (κ3) is 5.16. The summed E-state index contributed by atoms with van der Waals surface area (Å²) in [7, 11) is 0. The molecule has 1 aromatic carbocycles. The van der Waals surface area contributed by atoms with Crippen molar-refractivity contribution in [3.05, 3.63) is 33.8 Å². The maximum atomic E-state index is 6.12. The zero-order valence-corrected chi connectivity index (χ0v) is 14.7. The number of nitrogens with one attached hydrogen (secondary N) is 1. The van der Waals surface area contributed by atoms with Gasteiger partial charge < -0.3 is 5.32 Å². The van der Waals surface area contributed by atoms with Crippen molar-refractivity contribution in [3.63, 3.8) is 0 Å². The van der Waals surface area contributed by atoms with Crippen LogP contribution in [-0.4, -0.2) is 6.04 Å². The highest BCUT2D eigenvalue weighted by atomic mass is 35.5. The van der Waals surface area contributed by atoms with E-state index < -0.39 is 0 Å². The molecule has 1 fully saturated rings. The molecule has 118 valence electrons. The largest absolute Gasteiger partial charge is 0.307 e. The average Bonchev–Trinajstić information content (AvgIpc) is 2.68. The first kappa shape index (κ1) is 17.1. The molecule has 1 aliphatic carbocycles. The Kier molecular flexibility index (Phi) is 6.85. The molecule has 2 rings (SSSR count). The van der Waals surface area contributed by atoms with Crippen LogP contribution >= 0.6 is 23.2 Å². The van der Waals surface area contributed by atoms with E-state index in [1.807, 2.05) is 12.1 Å². The number of rotatable bonds is 5. The van der Waals surface area contributed by atoms with Crippen LogP contribution in [0.2, 0.25) is 10.0 Å². The van der Waals surface area contributed by atoms with E-state index in [9.17, 15) is 0 Å².